The van der Waals surface area contributed by atoms with Gasteiger partial charge in [0.25, 0.3) is 0 Å². The molecule has 0 bridgehead atoms. The molecular weight excluding hydrogens is 368 g/mol. The lowest BCUT2D eigenvalue weighted by atomic mass is 10.1. The standard InChI is InChI=1S/C20H19F2N3O3/c1-12(26)24-15-7-3-13(4-8-15)5-10-18(27)25-19(20(28)23-2)14-6-9-16(21)17(22)11-14/h3-11,19H,1-2H3,(H,23,28)(H,24,26)(H,25,27). The molecule has 6 nitrogen and oxygen atoms in total. The fourth-order valence-electron chi connectivity index (χ4n) is 2.38. The van der Waals surface area contributed by atoms with Crippen LogP contribution in [0.15, 0.2) is 48.5 Å². The lowest BCUT2D eigenvalue weighted by Crippen LogP contribution is -2.38. The first-order chi connectivity index (χ1) is 13.3. The molecule has 3 N–H and O–H groups in total. The van der Waals surface area contributed by atoms with E-state index in [4.69, 9.17) is 0 Å². The molecular formula is C20H19F2N3O3. The second-order valence-corrected chi connectivity index (χ2v) is 5.87. The van der Waals surface area contributed by atoms with Gasteiger partial charge in [0.05, 0.1) is 0 Å². The van der Waals surface area contributed by atoms with Gasteiger partial charge in [0.1, 0.15) is 6.04 Å². The number of rotatable bonds is 6. The van der Waals surface area contributed by atoms with E-state index in [1.807, 2.05) is 0 Å². The number of likely N-dealkylation sites (N-methyl/N-ethyl adjacent to an activating group) is 1. The second-order valence-electron chi connectivity index (χ2n) is 5.87. The Morgan fingerprint density at radius 1 is 1.00 bits per heavy atom. The first-order valence-corrected chi connectivity index (χ1v) is 8.33. The highest BCUT2D eigenvalue weighted by Gasteiger charge is 2.22. The number of amides is 3. The van der Waals surface area contributed by atoms with E-state index in [0.717, 1.165) is 12.1 Å². The van der Waals surface area contributed by atoms with Crippen LogP contribution in [0.4, 0.5) is 14.5 Å². The van der Waals surface area contributed by atoms with Crippen LogP contribution in [0.2, 0.25) is 0 Å². The lowest BCUT2D eigenvalue weighted by molar-refractivity contribution is -0.126. The Bertz CT molecular complexity index is 911. The smallest absolute Gasteiger partial charge is 0.246 e. The van der Waals surface area contributed by atoms with Gasteiger partial charge in [-0.25, -0.2) is 8.78 Å². The molecule has 3 amide bonds. The number of anilines is 1. The van der Waals surface area contributed by atoms with E-state index in [1.165, 1.54) is 32.2 Å². The van der Waals surface area contributed by atoms with Gasteiger partial charge in [-0.05, 0) is 41.5 Å². The number of benzene rings is 2. The molecule has 0 saturated carbocycles. The van der Waals surface area contributed by atoms with Crippen molar-refractivity contribution >= 4 is 29.5 Å². The molecule has 8 heteroatoms. The maximum absolute atomic E-state index is 13.5. The molecule has 2 aromatic rings. The minimum atomic E-state index is -1.18. The summed E-state index contributed by atoms with van der Waals surface area (Å²) in [6, 6.07) is 8.53. The summed E-state index contributed by atoms with van der Waals surface area (Å²) >= 11 is 0. The summed E-state index contributed by atoms with van der Waals surface area (Å²) in [6.07, 6.45) is 2.72. The summed E-state index contributed by atoms with van der Waals surface area (Å²) in [6.45, 7) is 1.40. The van der Waals surface area contributed by atoms with Gasteiger partial charge < -0.3 is 16.0 Å². The number of hydrogen-bond acceptors (Lipinski definition) is 3. The van der Waals surface area contributed by atoms with Crippen molar-refractivity contribution in [2.75, 3.05) is 12.4 Å². The summed E-state index contributed by atoms with van der Waals surface area (Å²) in [4.78, 5) is 35.2. The van der Waals surface area contributed by atoms with Crippen LogP contribution in [0.3, 0.4) is 0 Å². The van der Waals surface area contributed by atoms with Crippen LogP contribution in [-0.2, 0) is 14.4 Å². The van der Waals surface area contributed by atoms with Gasteiger partial charge in [0.15, 0.2) is 11.6 Å². The maximum Gasteiger partial charge on any atom is 0.246 e. The minimum absolute atomic E-state index is 0.111. The van der Waals surface area contributed by atoms with Crippen molar-refractivity contribution in [1.82, 2.24) is 10.6 Å². The fraction of sp³-hybridized carbons (Fsp3) is 0.150. The molecule has 0 radical (unpaired) electrons. The number of hydrogen-bond donors (Lipinski definition) is 3. The zero-order valence-electron chi connectivity index (χ0n) is 15.3. The van der Waals surface area contributed by atoms with Crippen LogP contribution in [0.25, 0.3) is 6.08 Å². The average Bonchev–Trinajstić information content (AvgIpc) is 2.66. The zero-order valence-corrected chi connectivity index (χ0v) is 15.3. The maximum atomic E-state index is 13.5. The fourth-order valence-corrected chi connectivity index (χ4v) is 2.38. The molecule has 0 heterocycles. The third-order valence-electron chi connectivity index (χ3n) is 3.73. The summed E-state index contributed by atoms with van der Waals surface area (Å²) in [7, 11) is 1.37. The van der Waals surface area contributed by atoms with Crippen molar-refractivity contribution in [3.63, 3.8) is 0 Å². The largest absolute Gasteiger partial charge is 0.357 e. The van der Waals surface area contributed by atoms with Crippen LogP contribution in [-0.4, -0.2) is 24.8 Å². The van der Waals surface area contributed by atoms with E-state index < -0.39 is 29.5 Å². The average molecular weight is 387 g/mol. The van der Waals surface area contributed by atoms with Crippen molar-refractivity contribution in [2.24, 2.45) is 0 Å². The normalized spacial score (nSPS) is 11.7. The Morgan fingerprint density at radius 3 is 2.25 bits per heavy atom. The van der Waals surface area contributed by atoms with Gasteiger partial charge >= 0.3 is 0 Å². The monoisotopic (exact) mass is 387 g/mol. The van der Waals surface area contributed by atoms with E-state index in [-0.39, 0.29) is 11.5 Å². The molecule has 1 unspecified atom stereocenters. The topological polar surface area (TPSA) is 87.3 Å². The number of carbonyl (C=O) groups excluding carboxylic acids is 3. The highest BCUT2D eigenvalue weighted by molar-refractivity contribution is 5.96. The summed E-state index contributed by atoms with van der Waals surface area (Å²) < 4.78 is 26.6. The highest BCUT2D eigenvalue weighted by atomic mass is 19.2. The lowest BCUT2D eigenvalue weighted by Gasteiger charge is -2.17. The second kappa shape index (κ2) is 9.40. The highest BCUT2D eigenvalue weighted by Crippen LogP contribution is 2.17. The molecule has 0 spiro atoms. The molecule has 0 aliphatic heterocycles. The summed E-state index contributed by atoms with van der Waals surface area (Å²) in [5.74, 6) is -3.53. The number of halogens is 2. The van der Waals surface area contributed by atoms with E-state index in [9.17, 15) is 23.2 Å². The summed E-state index contributed by atoms with van der Waals surface area (Å²) in [5.41, 5.74) is 1.42. The predicted octanol–water partition coefficient (Wildman–Crippen LogP) is 2.54. The zero-order chi connectivity index (χ0) is 20.7. The molecule has 0 aromatic heterocycles. The molecule has 0 fully saturated rings. The Hall–Kier alpha value is -3.55. The van der Waals surface area contributed by atoms with E-state index in [2.05, 4.69) is 16.0 Å². The van der Waals surface area contributed by atoms with Crippen molar-refractivity contribution < 1.29 is 23.2 Å². The first kappa shape index (κ1) is 20.8. The molecule has 2 aromatic carbocycles. The molecule has 28 heavy (non-hydrogen) atoms. The summed E-state index contributed by atoms with van der Waals surface area (Å²) in [5, 5.41) is 7.45. The Kier molecular flexibility index (Phi) is 6.97. The van der Waals surface area contributed by atoms with Gasteiger partial charge in [0, 0.05) is 25.7 Å². The van der Waals surface area contributed by atoms with Crippen LogP contribution in [0, 0.1) is 11.6 Å². The van der Waals surface area contributed by atoms with E-state index in [1.54, 1.807) is 24.3 Å². The Balaban J connectivity index is 2.10. The molecule has 146 valence electrons. The Labute approximate surface area is 160 Å². The number of carbonyl (C=O) groups is 3. The first-order valence-electron chi connectivity index (χ1n) is 8.33. The minimum Gasteiger partial charge on any atom is -0.357 e. The van der Waals surface area contributed by atoms with Crippen LogP contribution in [0.5, 0.6) is 0 Å². The van der Waals surface area contributed by atoms with Crippen molar-refractivity contribution in [1.29, 1.82) is 0 Å². The molecule has 0 saturated heterocycles. The van der Waals surface area contributed by atoms with Gasteiger partial charge in [-0.15, -0.1) is 0 Å². The Morgan fingerprint density at radius 2 is 1.68 bits per heavy atom. The SMILES string of the molecule is CNC(=O)C(NC(=O)C=Cc1ccc(NC(C)=O)cc1)c1ccc(F)c(F)c1. The van der Waals surface area contributed by atoms with E-state index in [0.29, 0.717) is 11.3 Å². The molecule has 0 aliphatic rings. The number of nitrogens with one attached hydrogen (secondary N) is 3. The third-order valence-corrected chi connectivity index (χ3v) is 3.73. The van der Waals surface area contributed by atoms with Gasteiger partial charge in [-0.3, -0.25) is 14.4 Å². The van der Waals surface area contributed by atoms with Gasteiger partial charge in [-0.2, -0.15) is 0 Å². The van der Waals surface area contributed by atoms with Crippen molar-refractivity contribution in [3.8, 4) is 0 Å². The third kappa shape index (κ3) is 5.73. The van der Waals surface area contributed by atoms with Crippen LogP contribution < -0.4 is 16.0 Å². The van der Waals surface area contributed by atoms with Crippen LogP contribution in [0.1, 0.15) is 24.1 Å². The molecule has 1 atom stereocenters. The van der Waals surface area contributed by atoms with E-state index >= 15 is 0 Å². The quantitative estimate of drug-likeness (QED) is 0.666. The predicted molar refractivity (Wildman–Crippen MR) is 101 cm³/mol. The molecule has 0 aliphatic carbocycles. The van der Waals surface area contributed by atoms with Gasteiger partial charge in [0.2, 0.25) is 17.7 Å². The van der Waals surface area contributed by atoms with Crippen molar-refractivity contribution in [3.05, 3.63) is 71.3 Å². The molecule has 2 rings (SSSR count). The van der Waals surface area contributed by atoms with Gasteiger partial charge in [-0.1, -0.05) is 18.2 Å². The van der Waals surface area contributed by atoms with Crippen LogP contribution >= 0.6 is 0 Å². The van der Waals surface area contributed by atoms with Crippen molar-refractivity contribution in [2.45, 2.75) is 13.0 Å².